The molecule has 0 fully saturated rings. The van der Waals surface area contributed by atoms with Gasteiger partial charge < -0.3 is 9.84 Å². The van der Waals surface area contributed by atoms with E-state index >= 15 is 0 Å². The second-order valence-corrected chi connectivity index (χ2v) is 7.38. The Morgan fingerprint density at radius 2 is 1.81 bits per heavy atom. The fourth-order valence-electron chi connectivity index (χ4n) is 2.85. The third kappa shape index (κ3) is 4.04. The Bertz CT molecular complexity index is 1090. The maximum atomic E-state index is 12.6. The fourth-order valence-corrected chi connectivity index (χ4v) is 3.77. The van der Waals surface area contributed by atoms with Crippen LogP contribution in [0, 0.1) is 6.92 Å². The maximum Gasteiger partial charge on any atom is 0.230 e. The minimum atomic E-state index is -0.118. The zero-order valence-corrected chi connectivity index (χ0v) is 15.6. The smallest absolute Gasteiger partial charge is 0.230 e. The van der Waals surface area contributed by atoms with E-state index in [0.29, 0.717) is 11.3 Å². The number of para-hydroxylation sites is 1. The number of anilines is 1. The van der Waals surface area contributed by atoms with Crippen LogP contribution in [0.25, 0.3) is 11.0 Å². The van der Waals surface area contributed by atoms with E-state index in [2.05, 4.69) is 10.5 Å². The number of benzene rings is 3. The molecule has 0 aliphatic carbocycles. The highest BCUT2D eigenvalue weighted by atomic mass is 32.2. The van der Waals surface area contributed by atoms with Crippen molar-refractivity contribution in [2.75, 3.05) is 5.32 Å². The molecular weight excluding hydrogens is 356 g/mol. The quantitative estimate of drug-likeness (QED) is 0.503. The molecule has 4 aromatic rings. The van der Waals surface area contributed by atoms with Gasteiger partial charge in [-0.05, 0) is 43.3 Å². The van der Waals surface area contributed by atoms with Gasteiger partial charge >= 0.3 is 0 Å². The molecule has 0 aliphatic heterocycles. The molecule has 0 spiro atoms. The Morgan fingerprint density at radius 1 is 1.04 bits per heavy atom. The molecule has 3 aromatic carbocycles. The Kier molecular flexibility index (Phi) is 4.94. The molecule has 1 aromatic heterocycles. The van der Waals surface area contributed by atoms with Crippen molar-refractivity contribution >= 4 is 34.3 Å². The van der Waals surface area contributed by atoms with Crippen molar-refractivity contribution in [3.63, 3.8) is 0 Å². The Morgan fingerprint density at radius 3 is 2.67 bits per heavy atom. The summed E-state index contributed by atoms with van der Waals surface area (Å²) >= 11 is 1.62. The Balaban J connectivity index is 1.52. The molecule has 1 heterocycles. The first-order valence-electron chi connectivity index (χ1n) is 8.66. The SMILES string of the molecule is Cc1ccc2onc(CC(=O)Nc3ccccc3Sc3ccccc3)c2c1. The van der Waals surface area contributed by atoms with Crippen molar-refractivity contribution in [2.24, 2.45) is 0 Å². The standard InChI is InChI=1S/C22H18N2O2S/c1-15-11-12-20-17(13-15)19(24-26-20)14-22(25)23-18-9-5-6-10-21(18)27-16-7-3-2-4-8-16/h2-13H,14H2,1H3,(H,23,25). The molecule has 0 atom stereocenters. The van der Waals surface area contributed by atoms with E-state index in [-0.39, 0.29) is 12.3 Å². The van der Waals surface area contributed by atoms with Crippen LogP contribution in [0.1, 0.15) is 11.3 Å². The van der Waals surface area contributed by atoms with E-state index in [1.165, 1.54) is 0 Å². The summed E-state index contributed by atoms with van der Waals surface area (Å²) in [6.07, 6.45) is 0.167. The molecule has 27 heavy (non-hydrogen) atoms. The van der Waals surface area contributed by atoms with Gasteiger partial charge in [0.2, 0.25) is 5.91 Å². The van der Waals surface area contributed by atoms with Crippen LogP contribution in [0.4, 0.5) is 5.69 Å². The summed E-state index contributed by atoms with van der Waals surface area (Å²) in [6.45, 7) is 2.01. The van der Waals surface area contributed by atoms with Crippen LogP contribution in [0.2, 0.25) is 0 Å². The molecule has 0 radical (unpaired) electrons. The van der Waals surface area contributed by atoms with Crippen molar-refractivity contribution in [1.29, 1.82) is 0 Å². The fraction of sp³-hybridized carbons (Fsp3) is 0.0909. The molecule has 4 nitrogen and oxygen atoms in total. The molecule has 4 rings (SSSR count). The molecule has 1 N–H and O–H groups in total. The van der Waals surface area contributed by atoms with Crippen molar-refractivity contribution in [3.8, 4) is 0 Å². The topological polar surface area (TPSA) is 55.1 Å². The van der Waals surface area contributed by atoms with Crippen molar-refractivity contribution in [3.05, 3.63) is 84.1 Å². The van der Waals surface area contributed by atoms with E-state index in [1.54, 1.807) is 11.8 Å². The Hall–Kier alpha value is -3.05. The van der Waals surface area contributed by atoms with E-state index in [0.717, 1.165) is 26.4 Å². The molecule has 5 heteroatoms. The number of fused-ring (bicyclic) bond motifs is 1. The lowest BCUT2D eigenvalue weighted by Gasteiger charge is -2.10. The molecule has 0 saturated carbocycles. The number of aromatic nitrogens is 1. The zero-order chi connectivity index (χ0) is 18.6. The van der Waals surface area contributed by atoms with Gasteiger partial charge in [-0.3, -0.25) is 4.79 Å². The monoisotopic (exact) mass is 374 g/mol. The largest absolute Gasteiger partial charge is 0.356 e. The van der Waals surface area contributed by atoms with Gasteiger partial charge in [0, 0.05) is 15.2 Å². The molecule has 0 aliphatic rings. The van der Waals surface area contributed by atoms with Crippen LogP contribution < -0.4 is 5.32 Å². The van der Waals surface area contributed by atoms with Gasteiger partial charge in [-0.2, -0.15) is 0 Å². The molecular formula is C22H18N2O2S. The average molecular weight is 374 g/mol. The highest BCUT2D eigenvalue weighted by molar-refractivity contribution is 7.99. The number of nitrogens with one attached hydrogen (secondary N) is 1. The van der Waals surface area contributed by atoms with Gasteiger partial charge in [0.25, 0.3) is 0 Å². The van der Waals surface area contributed by atoms with E-state index in [4.69, 9.17) is 4.52 Å². The normalized spacial score (nSPS) is 10.9. The van der Waals surface area contributed by atoms with Crippen LogP contribution in [-0.2, 0) is 11.2 Å². The van der Waals surface area contributed by atoms with E-state index in [1.807, 2.05) is 79.7 Å². The maximum absolute atomic E-state index is 12.6. The van der Waals surface area contributed by atoms with Gasteiger partial charge in [0.05, 0.1) is 12.1 Å². The minimum absolute atomic E-state index is 0.118. The molecule has 1 amide bonds. The minimum Gasteiger partial charge on any atom is -0.356 e. The first-order valence-corrected chi connectivity index (χ1v) is 9.47. The van der Waals surface area contributed by atoms with E-state index < -0.39 is 0 Å². The first kappa shape index (κ1) is 17.4. The summed E-state index contributed by atoms with van der Waals surface area (Å²) in [4.78, 5) is 14.7. The Labute approximate surface area is 161 Å². The second kappa shape index (κ2) is 7.68. The lowest BCUT2D eigenvalue weighted by Crippen LogP contribution is -2.15. The van der Waals surface area contributed by atoms with Crippen LogP contribution >= 0.6 is 11.8 Å². The summed E-state index contributed by atoms with van der Waals surface area (Å²) < 4.78 is 5.32. The number of amides is 1. The third-order valence-electron chi connectivity index (χ3n) is 4.16. The number of hydrogen-bond donors (Lipinski definition) is 1. The lowest BCUT2D eigenvalue weighted by atomic mass is 10.1. The summed E-state index contributed by atoms with van der Waals surface area (Å²) in [5.41, 5.74) is 3.25. The van der Waals surface area contributed by atoms with Gasteiger partial charge in [-0.25, -0.2) is 0 Å². The zero-order valence-electron chi connectivity index (χ0n) is 14.8. The number of carbonyl (C=O) groups excluding carboxylic acids is 1. The predicted octanol–water partition coefficient (Wildman–Crippen LogP) is 5.47. The van der Waals surface area contributed by atoms with Gasteiger partial charge in [-0.1, -0.05) is 58.9 Å². The van der Waals surface area contributed by atoms with Gasteiger partial charge in [-0.15, -0.1) is 0 Å². The number of carbonyl (C=O) groups is 1. The number of rotatable bonds is 5. The van der Waals surface area contributed by atoms with E-state index in [9.17, 15) is 4.79 Å². The summed E-state index contributed by atoms with van der Waals surface area (Å²) in [7, 11) is 0. The molecule has 134 valence electrons. The van der Waals surface area contributed by atoms with Gasteiger partial charge in [0.1, 0.15) is 5.69 Å². The van der Waals surface area contributed by atoms with Gasteiger partial charge in [0.15, 0.2) is 5.58 Å². The molecule has 0 bridgehead atoms. The summed E-state index contributed by atoms with van der Waals surface area (Å²) in [5.74, 6) is -0.118. The second-order valence-electron chi connectivity index (χ2n) is 6.27. The van der Waals surface area contributed by atoms with Crippen LogP contribution in [0.15, 0.2) is 87.1 Å². The summed E-state index contributed by atoms with van der Waals surface area (Å²) in [6, 6.07) is 23.7. The van der Waals surface area contributed by atoms with Crippen molar-refractivity contribution in [2.45, 2.75) is 23.1 Å². The average Bonchev–Trinajstić information content (AvgIpc) is 3.06. The van der Waals surface area contributed by atoms with Crippen molar-refractivity contribution in [1.82, 2.24) is 5.16 Å². The number of aryl methyl sites for hydroxylation is 1. The lowest BCUT2D eigenvalue weighted by molar-refractivity contribution is -0.115. The number of nitrogens with zero attached hydrogens (tertiary/aromatic N) is 1. The highest BCUT2D eigenvalue weighted by Gasteiger charge is 2.14. The predicted molar refractivity (Wildman–Crippen MR) is 108 cm³/mol. The first-order chi connectivity index (χ1) is 13.2. The number of hydrogen-bond acceptors (Lipinski definition) is 4. The third-order valence-corrected chi connectivity index (χ3v) is 5.24. The van der Waals surface area contributed by atoms with Crippen LogP contribution in [0.3, 0.4) is 0 Å². The molecule has 0 saturated heterocycles. The highest BCUT2D eigenvalue weighted by Crippen LogP contribution is 2.33. The van der Waals surface area contributed by atoms with Crippen molar-refractivity contribution < 1.29 is 9.32 Å². The van der Waals surface area contributed by atoms with Crippen LogP contribution in [0.5, 0.6) is 0 Å². The van der Waals surface area contributed by atoms with Crippen LogP contribution in [-0.4, -0.2) is 11.1 Å². The molecule has 0 unspecified atom stereocenters. The summed E-state index contributed by atoms with van der Waals surface area (Å²) in [5, 5.41) is 7.96.